The molecule has 0 saturated heterocycles. The molecule has 3 aromatic carbocycles. The van der Waals surface area contributed by atoms with Crippen LogP contribution in [0.3, 0.4) is 0 Å². The van der Waals surface area contributed by atoms with Crippen LogP contribution in [0.2, 0.25) is 0 Å². The average molecular weight is 567 g/mol. The van der Waals surface area contributed by atoms with Gasteiger partial charge < -0.3 is 19.3 Å². The molecule has 41 heavy (non-hydrogen) atoms. The lowest BCUT2D eigenvalue weighted by molar-refractivity contribution is -0.139. The number of carboxylic acids is 1. The van der Waals surface area contributed by atoms with Crippen molar-refractivity contribution in [2.24, 2.45) is 11.3 Å². The molecule has 0 amide bonds. The van der Waals surface area contributed by atoms with Gasteiger partial charge in [-0.05, 0) is 77.3 Å². The first-order chi connectivity index (χ1) is 19.5. The van der Waals surface area contributed by atoms with E-state index in [4.69, 9.17) is 14.2 Å². The fourth-order valence-electron chi connectivity index (χ4n) is 6.23. The topological polar surface area (TPSA) is 65.0 Å². The lowest BCUT2D eigenvalue weighted by Gasteiger charge is -2.32. The van der Waals surface area contributed by atoms with Crippen molar-refractivity contribution in [3.63, 3.8) is 0 Å². The van der Waals surface area contributed by atoms with E-state index in [9.17, 15) is 9.90 Å². The number of hydrogen-bond acceptors (Lipinski definition) is 4. The van der Waals surface area contributed by atoms with Gasteiger partial charge in [0.25, 0.3) is 0 Å². The molecule has 3 aromatic rings. The number of fused-ring (bicyclic) bond motifs is 2. The zero-order chi connectivity index (χ0) is 30.1. The molecule has 1 saturated carbocycles. The van der Waals surface area contributed by atoms with Crippen molar-refractivity contribution >= 4 is 5.97 Å². The lowest BCUT2D eigenvalue weighted by Crippen LogP contribution is -2.21. The molecule has 3 atom stereocenters. The summed E-state index contributed by atoms with van der Waals surface area (Å²) in [4.78, 5) is 11.6. The summed E-state index contributed by atoms with van der Waals surface area (Å²) in [5.41, 5.74) is 3.09. The Morgan fingerprint density at radius 2 is 1.78 bits per heavy atom. The first-order valence-electron chi connectivity index (χ1n) is 14.2. The van der Waals surface area contributed by atoms with Gasteiger partial charge in [-0.1, -0.05) is 52.8 Å². The molecule has 5 nitrogen and oxygen atoms in total. The monoisotopic (exact) mass is 566 g/mol. The highest BCUT2D eigenvalue weighted by atomic mass is 19.1. The standard InChI is InChI=1S/C32H34F2O5.C2H6/c1-31(2,3)29(38-5)23-14-18(6-9-21(23)22-15-20(37-4)8-10-25(22)33)17-39-26-11-7-19-12-13-32(27(19)28(26)34)16-24(32)30(35)36;1-2/h6-11,14-15,24,29H,12-13,16-17H2,1-5H3,(H,35,36);1-2H3. The largest absolute Gasteiger partial charge is 0.497 e. The highest BCUT2D eigenvalue weighted by Gasteiger charge is 2.63. The van der Waals surface area contributed by atoms with Crippen LogP contribution in [0.4, 0.5) is 8.78 Å². The maximum Gasteiger partial charge on any atom is 0.307 e. The molecule has 1 N–H and O–H groups in total. The van der Waals surface area contributed by atoms with Crippen molar-refractivity contribution in [3.05, 3.63) is 82.4 Å². The fraction of sp³-hybridized carbons (Fsp3) is 0.441. The SMILES string of the molecule is CC.COc1ccc(F)c(-c2ccc(COc3ccc4c(c3F)C3(CC4)CC3C(=O)O)cc2C(OC)C(C)(C)C)c1. The maximum atomic E-state index is 15.7. The molecule has 3 unspecified atom stereocenters. The Balaban J connectivity index is 0.00000189. The normalized spacial score (nSPS) is 19.7. The van der Waals surface area contributed by atoms with Crippen LogP contribution >= 0.6 is 0 Å². The number of benzene rings is 3. The third-order valence-electron chi connectivity index (χ3n) is 8.18. The minimum Gasteiger partial charge on any atom is -0.497 e. The summed E-state index contributed by atoms with van der Waals surface area (Å²) in [7, 11) is 3.17. The van der Waals surface area contributed by atoms with Gasteiger partial charge in [-0.15, -0.1) is 0 Å². The molecular formula is C34H40F2O5. The summed E-state index contributed by atoms with van der Waals surface area (Å²) in [6.07, 6.45) is 1.42. The summed E-state index contributed by atoms with van der Waals surface area (Å²) < 4.78 is 47.9. The van der Waals surface area contributed by atoms with Crippen molar-refractivity contribution in [3.8, 4) is 22.6 Å². The van der Waals surface area contributed by atoms with Crippen LogP contribution in [-0.2, 0) is 28.0 Å². The van der Waals surface area contributed by atoms with Crippen LogP contribution in [0.1, 0.15) is 75.8 Å². The molecule has 1 fully saturated rings. The molecule has 0 bridgehead atoms. The minimum atomic E-state index is -0.875. The maximum absolute atomic E-state index is 15.7. The molecule has 2 aliphatic carbocycles. The van der Waals surface area contributed by atoms with Crippen LogP contribution in [0.5, 0.6) is 11.5 Å². The minimum absolute atomic E-state index is 0.0829. The quantitative estimate of drug-likeness (QED) is 0.297. The third kappa shape index (κ3) is 5.69. The number of ether oxygens (including phenoxy) is 3. The highest BCUT2D eigenvalue weighted by Crippen LogP contribution is 2.62. The molecule has 7 heteroatoms. The number of rotatable bonds is 8. The van der Waals surface area contributed by atoms with Gasteiger partial charge in [0.2, 0.25) is 0 Å². The first kappa shape index (κ1) is 30.5. The van der Waals surface area contributed by atoms with Gasteiger partial charge >= 0.3 is 5.97 Å². The van der Waals surface area contributed by atoms with E-state index < -0.39 is 23.1 Å². The van der Waals surface area contributed by atoms with Gasteiger partial charge in [0.05, 0.1) is 19.1 Å². The van der Waals surface area contributed by atoms with Crippen molar-refractivity contribution in [1.82, 2.24) is 0 Å². The number of methoxy groups -OCH3 is 2. The Morgan fingerprint density at radius 3 is 2.39 bits per heavy atom. The third-order valence-corrected chi connectivity index (χ3v) is 8.18. The number of hydrogen-bond donors (Lipinski definition) is 1. The molecule has 0 heterocycles. The van der Waals surface area contributed by atoms with E-state index in [0.29, 0.717) is 41.7 Å². The molecule has 5 rings (SSSR count). The summed E-state index contributed by atoms with van der Waals surface area (Å²) >= 11 is 0. The second kappa shape index (κ2) is 11.8. The molecule has 0 radical (unpaired) electrons. The van der Waals surface area contributed by atoms with Gasteiger partial charge in [0.15, 0.2) is 11.6 Å². The summed E-state index contributed by atoms with van der Waals surface area (Å²) in [5, 5.41) is 9.52. The van der Waals surface area contributed by atoms with Gasteiger partial charge in [0.1, 0.15) is 18.2 Å². The number of carboxylic acid groups (broad SMARTS) is 1. The highest BCUT2D eigenvalue weighted by molar-refractivity contribution is 5.78. The predicted octanol–water partition coefficient (Wildman–Crippen LogP) is 8.27. The average Bonchev–Trinajstić information content (AvgIpc) is 3.56. The number of halogens is 2. The zero-order valence-electron chi connectivity index (χ0n) is 24.9. The van der Waals surface area contributed by atoms with Crippen LogP contribution < -0.4 is 9.47 Å². The van der Waals surface area contributed by atoms with Crippen LogP contribution in [0, 0.1) is 23.0 Å². The summed E-state index contributed by atoms with van der Waals surface area (Å²) in [5.74, 6) is -1.61. The van der Waals surface area contributed by atoms with Crippen LogP contribution in [0.25, 0.3) is 11.1 Å². The van der Waals surface area contributed by atoms with Crippen molar-refractivity contribution in [1.29, 1.82) is 0 Å². The van der Waals surface area contributed by atoms with E-state index in [0.717, 1.165) is 16.7 Å². The molecule has 0 aromatic heterocycles. The molecule has 0 aliphatic heterocycles. The van der Waals surface area contributed by atoms with Gasteiger partial charge in [-0.3, -0.25) is 4.79 Å². The Kier molecular flexibility index (Phi) is 8.78. The summed E-state index contributed by atoms with van der Waals surface area (Å²) in [6, 6.07) is 13.7. The number of aryl methyl sites for hydroxylation is 1. The number of carbonyl (C=O) groups is 1. The van der Waals surface area contributed by atoms with Crippen LogP contribution in [-0.4, -0.2) is 25.3 Å². The van der Waals surface area contributed by atoms with E-state index >= 15 is 8.78 Å². The van der Waals surface area contributed by atoms with Crippen molar-refractivity contribution in [2.75, 3.05) is 14.2 Å². The van der Waals surface area contributed by atoms with Crippen LogP contribution in [0.15, 0.2) is 48.5 Å². The summed E-state index contributed by atoms with van der Waals surface area (Å²) in [6.45, 7) is 10.2. The predicted molar refractivity (Wildman–Crippen MR) is 155 cm³/mol. The molecule has 2 aliphatic rings. The van der Waals surface area contributed by atoms with E-state index in [1.165, 1.54) is 13.2 Å². The second-order valence-electron chi connectivity index (χ2n) is 11.7. The molecular weight excluding hydrogens is 526 g/mol. The van der Waals surface area contributed by atoms with Gasteiger partial charge in [-0.2, -0.15) is 0 Å². The Hall–Kier alpha value is -3.45. The van der Waals surface area contributed by atoms with E-state index in [1.54, 1.807) is 25.3 Å². The Bertz CT molecular complexity index is 1430. The Labute approximate surface area is 241 Å². The van der Waals surface area contributed by atoms with E-state index in [-0.39, 0.29) is 29.7 Å². The smallest absolute Gasteiger partial charge is 0.307 e. The van der Waals surface area contributed by atoms with E-state index in [2.05, 4.69) is 0 Å². The second-order valence-corrected chi connectivity index (χ2v) is 11.7. The van der Waals surface area contributed by atoms with Crippen molar-refractivity contribution < 1.29 is 32.9 Å². The van der Waals surface area contributed by atoms with Gasteiger partial charge in [-0.25, -0.2) is 8.78 Å². The Morgan fingerprint density at radius 1 is 1.05 bits per heavy atom. The number of aliphatic carboxylic acids is 1. The van der Waals surface area contributed by atoms with Gasteiger partial charge in [0, 0.05) is 23.7 Å². The van der Waals surface area contributed by atoms with E-state index in [1.807, 2.05) is 58.9 Å². The lowest BCUT2D eigenvalue weighted by atomic mass is 9.81. The zero-order valence-corrected chi connectivity index (χ0v) is 24.9. The first-order valence-corrected chi connectivity index (χ1v) is 14.2. The molecule has 220 valence electrons. The fourth-order valence-corrected chi connectivity index (χ4v) is 6.23. The molecule has 1 spiro atoms. The van der Waals surface area contributed by atoms with Crippen molar-refractivity contribution in [2.45, 2.75) is 72.0 Å².